The molecule has 4 aromatic rings. The van der Waals surface area contributed by atoms with Crippen molar-refractivity contribution in [3.05, 3.63) is 42.2 Å². The zero-order valence-electron chi connectivity index (χ0n) is 14.9. The van der Waals surface area contributed by atoms with Crippen LogP contribution in [0.4, 0.5) is 14.6 Å². The van der Waals surface area contributed by atoms with E-state index in [1.165, 1.54) is 6.07 Å². The normalized spacial score (nSPS) is 18.7. The summed E-state index contributed by atoms with van der Waals surface area (Å²) in [5, 5.41) is 10.2. The molecule has 1 fully saturated rings. The number of H-pyrrole nitrogens is 1. The third-order valence-electron chi connectivity index (χ3n) is 5.05. The molecule has 0 bridgehead atoms. The number of anilines is 1. The van der Waals surface area contributed by atoms with Crippen molar-refractivity contribution in [1.82, 2.24) is 24.6 Å². The van der Waals surface area contributed by atoms with Gasteiger partial charge in [-0.3, -0.25) is 14.9 Å². The first-order valence-corrected chi connectivity index (χ1v) is 8.99. The fraction of sp³-hybridized carbons (Fsp3) is 0.263. The number of aromatic nitrogens is 5. The molecule has 9 heteroatoms. The first-order chi connectivity index (χ1) is 13.5. The van der Waals surface area contributed by atoms with E-state index in [2.05, 4.69) is 25.5 Å². The van der Waals surface area contributed by atoms with Gasteiger partial charge >= 0.3 is 0 Å². The molecule has 1 amide bonds. The van der Waals surface area contributed by atoms with E-state index in [0.717, 1.165) is 5.39 Å². The number of alkyl halides is 1. The number of imidazole rings is 1. The Labute approximate surface area is 157 Å². The number of hydrogen-bond donors (Lipinski definition) is 2. The molecule has 1 saturated carbocycles. The molecule has 28 heavy (non-hydrogen) atoms. The summed E-state index contributed by atoms with van der Waals surface area (Å²) >= 11 is 0. The van der Waals surface area contributed by atoms with Gasteiger partial charge in [-0.2, -0.15) is 5.10 Å². The first-order valence-electron chi connectivity index (χ1n) is 8.99. The number of halogens is 2. The maximum Gasteiger partial charge on any atom is 0.231 e. The van der Waals surface area contributed by atoms with Gasteiger partial charge in [-0.15, -0.1) is 0 Å². The van der Waals surface area contributed by atoms with Crippen molar-refractivity contribution >= 4 is 28.3 Å². The fourth-order valence-corrected chi connectivity index (χ4v) is 3.48. The second-order valence-corrected chi connectivity index (χ2v) is 6.91. The minimum absolute atomic E-state index is 0.255. The highest BCUT2D eigenvalue weighted by Gasteiger charge is 2.43. The Balaban J connectivity index is 1.58. The Morgan fingerprint density at radius 2 is 2.21 bits per heavy atom. The molecular formula is C19H16F2N6O. The van der Waals surface area contributed by atoms with Crippen molar-refractivity contribution in [1.29, 1.82) is 0 Å². The maximum atomic E-state index is 14.5. The van der Waals surface area contributed by atoms with Gasteiger partial charge in [0.2, 0.25) is 5.91 Å². The second-order valence-electron chi connectivity index (χ2n) is 6.91. The monoisotopic (exact) mass is 382 g/mol. The molecular weight excluding hydrogens is 366 g/mol. The molecule has 0 aliphatic heterocycles. The highest BCUT2D eigenvalue weighted by molar-refractivity contribution is 5.96. The van der Waals surface area contributed by atoms with Gasteiger partial charge in [-0.1, -0.05) is 6.92 Å². The Morgan fingerprint density at radius 1 is 1.39 bits per heavy atom. The van der Waals surface area contributed by atoms with Crippen LogP contribution in [0.25, 0.3) is 27.8 Å². The van der Waals surface area contributed by atoms with E-state index in [1.54, 1.807) is 29.2 Å². The van der Waals surface area contributed by atoms with E-state index in [9.17, 15) is 13.6 Å². The largest absolute Gasteiger partial charge is 0.309 e. The highest BCUT2D eigenvalue weighted by Crippen LogP contribution is 2.35. The Bertz CT molecular complexity index is 1230. The van der Waals surface area contributed by atoms with Crippen molar-refractivity contribution in [2.24, 2.45) is 5.92 Å². The molecule has 1 aromatic carbocycles. The van der Waals surface area contributed by atoms with Crippen molar-refractivity contribution in [2.75, 3.05) is 5.32 Å². The van der Waals surface area contributed by atoms with Crippen LogP contribution in [0.3, 0.4) is 0 Å². The van der Waals surface area contributed by atoms with Gasteiger partial charge in [0.05, 0.1) is 35.7 Å². The van der Waals surface area contributed by atoms with Crippen LogP contribution in [-0.4, -0.2) is 36.6 Å². The quantitative estimate of drug-likeness (QED) is 0.567. The van der Waals surface area contributed by atoms with E-state index >= 15 is 0 Å². The Kier molecular flexibility index (Phi) is 3.65. The van der Waals surface area contributed by atoms with Gasteiger partial charge in [0.25, 0.3) is 0 Å². The fourth-order valence-electron chi connectivity index (χ4n) is 3.48. The smallest absolute Gasteiger partial charge is 0.231 e. The summed E-state index contributed by atoms with van der Waals surface area (Å²) in [4.78, 5) is 20.7. The Hall–Kier alpha value is -3.36. The third kappa shape index (κ3) is 2.62. The number of carbonyl (C=O) groups excluding carboxylic acids is 1. The molecule has 142 valence electrons. The number of carbonyl (C=O) groups is 1. The summed E-state index contributed by atoms with van der Waals surface area (Å²) in [6, 6.07) is 1.43. The van der Waals surface area contributed by atoms with E-state index in [4.69, 9.17) is 0 Å². The summed E-state index contributed by atoms with van der Waals surface area (Å²) < 4.78 is 29.3. The molecule has 2 unspecified atom stereocenters. The average Bonchev–Trinajstić information content (AvgIpc) is 3.05. The van der Waals surface area contributed by atoms with Crippen molar-refractivity contribution in [3.8, 4) is 11.3 Å². The number of hydrogen-bond acceptors (Lipinski definition) is 4. The molecule has 2 N–H and O–H groups in total. The van der Waals surface area contributed by atoms with Crippen molar-refractivity contribution < 1.29 is 13.6 Å². The number of fused-ring (bicyclic) bond motifs is 2. The second kappa shape index (κ2) is 6.08. The summed E-state index contributed by atoms with van der Waals surface area (Å²) in [5.41, 5.74) is 2.90. The molecule has 1 aliphatic carbocycles. The molecule has 7 nitrogen and oxygen atoms in total. The minimum atomic E-state index is -1.07. The summed E-state index contributed by atoms with van der Waals surface area (Å²) in [6.07, 6.45) is 6.25. The molecule has 2 atom stereocenters. The van der Waals surface area contributed by atoms with E-state index in [0.29, 0.717) is 40.2 Å². The molecule has 3 aromatic heterocycles. The van der Waals surface area contributed by atoms with Crippen molar-refractivity contribution in [3.63, 3.8) is 0 Å². The molecule has 3 heterocycles. The average molecular weight is 382 g/mol. The lowest BCUT2D eigenvalue weighted by molar-refractivity contribution is -0.117. The van der Waals surface area contributed by atoms with Crippen LogP contribution in [0, 0.1) is 11.7 Å². The predicted molar refractivity (Wildman–Crippen MR) is 99.0 cm³/mol. The molecule has 0 radical (unpaired) electrons. The molecule has 5 rings (SSSR count). The Morgan fingerprint density at radius 3 is 2.96 bits per heavy atom. The zero-order chi connectivity index (χ0) is 19.4. The predicted octanol–water partition coefficient (Wildman–Crippen LogP) is 3.27. The van der Waals surface area contributed by atoms with Gasteiger partial charge in [-0.25, -0.2) is 13.8 Å². The van der Waals surface area contributed by atoms with Crippen molar-refractivity contribution in [2.45, 2.75) is 25.9 Å². The van der Waals surface area contributed by atoms with Crippen LogP contribution in [0.5, 0.6) is 0 Å². The third-order valence-corrected chi connectivity index (χ3v) is 5.05. The van der Waals surface area contributed by atoms with E-state index in [-0.39, 0.29) is 18.1 Å². The number of benzene rings is 1. The highest BCUT2D eigenvalue weighted by atomic mass is 19.1. The molecule has 0 saturated heterocycles. The van der Waals surface area contributed by atoms with E-state index in [1.807, 2.05) is 6.92 Å². The van der Waals surface area contributed by atoms with Crippen LogP contribution in [0.15, 0.2) is 30.9 Å². The van der Waals surface area contributed by atoms with Gasteiger partial charge in [0.1, 0.15) is 12.0 Å². The lowest BCUT2D eigenvalue weighted by Crippen LogP contribution is -2.15. The molecule has 0 spiro atoms. The summed E-state index contributed by atoms with van der Waals surface area (Å²) in [6.45, 7) is 1.88. The van der Waals surface area contributed by atoms with Gasteiger partial charge in [0.15, 0.2) is 11.5 Å². The SMILES string of the molecule is CCc1c(F)cc2[nH]ncc2c1-c1cn2cc(NC(=O)C3CC3F)nc2cn1. The van der Waals surface area contributed by atoms with Crippen LogP contribution in [0.1, 0.15) is 18.9 Å². The number of nitrogens with zero attached hydrogens (tertiary/aromatic N) is 4. The lowest BCUT2D eigenvalue weighted by Gasteiger charge is -2.10. The number of aromatic amines is 1. The molecule has 1 aliphatic rings. The zero-order valence-corrected chi connectivity index (χ0v) is 14.9. The van der Waals surface area contributed by atoms with Gasteiger partial charge in [-0.05, 0) is 24.5 Å². The van der Waals surface area contributed by atoms with Crippen LogP contribution < -0.4 is 5.32 Å². The van der Waals surface area contributed by atoms with Crippen LogP contribution >= 0.6 is 0 Å². The standard InChI is InChI=1S/C19H16F2N6O/c1-2-9-13(21)4-14-11(5-23-26-14)18(9)15-7-27-8-16(24-17(27)6-22-15)25-19(28)10-3-12(10)20/h4-8,10,12H,2-3H2,1H3,(H,23,26)(H,25,28). The maximum absolute atomic E-state index is 14.5. The minimum Gasteiger partial charge on any atom is -0.309 e. The van der Waals surface area contributed by atoms with Gasteiger partial charge in [0, 0.05) is 17.1 Å². The van der Waals surface area contributed by atoms with Crippen LogP contribution in [0.2, 0.25) is 0 Å². The summed E-state index contributed by atoms with van der Waals surface area (Å²) in [5.74, 6) is -0.957. The topological polar surface area (TPSA) is 88.0 Å². The number of nitrogens with one attached hydrogen (secondary N) is 2. The van der Waals surface area contributed by atoms with Gasteiger partial charge < -0.3 is 9.72 Å². The first kappa shape index (κ1) is 16.8. The number of amides is 1. The van der Waals surface area contributed by atoms with Crippen LogP contribution in [-0.2, 0) is 11.2 Å². The lowest BCUT2D eigenvalue weighted by atomic mass is 9.98. The van der Waals surface area contributed by atoms with E-state index < -0.39 is 12.1 Å². The summed E-state index contributed by atoms with van der Waals surface area (Å²) in [7, 11) is 0. The number of rotatable bonds is 4.